The third-order valence-electron chi connectivity index (χ3n) is 5.35. The molecule has 1 saturated heterocycles. The smallest absolute Gasteiger partial charge is 0.261 e. The van der Waals surface area contributed by atoms with Crippen LogP contribution in [0.3, 0.4) is 0 Å². The van der Waals surface area contributed by atoms with E-state index in [4.69, 9.17) is 0 Å². The van der Waals surface area contributed by atoms with Gasteiger partial charge < -0.3 is 15.2 Å². The Balaban J connectivity index is 1.67. The quantitative estimate of drug-likeness (QED) is 0.823. The van der Waals surface area contributed by atoms with Crippen LogP contribution in [0.4, 0.5) is 0 Å². The number of nitrogens with one attached hydrogen (secondary N) is 2. The Kier molecular flexibility index (Phi) is 5.25. The van der Waals surface area contributed by atoms with Gasteiger partial charge in [0.15, 0.2) is 0 Å². The van der Waals surface area contributed by atoms with Crippen molar-refractivity contribution in [1.29, 1.82) is 0 Å². The summed E-state index contributed by atoms with van der Waals surface area (Å²) in [6.45, 7) is 4.10. The number of pyridine rings is 1. The topological polar surface area (TPSA) is 82.3 Å². The Bertz CT molecular complexity index is 717. The van der Waals surface area contributed by atoms with Crippen LogP contribution in [0.2, 0.25) is 0 Å². The fourth-order valence-electron chi connectivity index (χ4n) is 4.14. The van der Waals surface area contributed by atoms with Gasteiger partial charge in [-0.1, -0.05) is 25.7 Å². The van der Waals surface area contributed by atoms with Gasteiger partial charge in [0.2, 0.25) is 5.91 Å². The van der Waals surface area contributed by atoms with Gasteiger partial charge in [-0.05, 0) is 38.3 Å². The summed E-state index contributed by atoms with van der Waals surface area (Å²) >= 11 is 0. The van der Waals surface area contributed by atoms with Gasteiger partial charge in [0.25, 0.3) is 11.5 Å². The van der Waals surface area contributed by atoms with Crippen LogP contribution in [0.15, 0.2) is 10.9 Å². The van der Waals surface area contributed by atoms with E-state index in [1.54, 1.807) is 19.9 Å². The molecule has 1 saturated carbocycles. The van der Waals surface area contributed by atoms with E-state index >= 15 is 0 Å². The molecule has 1 atom stereocenters. The summed E-state index contributed by atoms with van der Waals surface area (Å²) in [6.07, 6.45) is 7.27. The highest BCUT2D eigenvalue weighted by Gasteiger charge is 2.35. The van der Waals surface area contributed by atoms with E-state index in [1.807, 2.05) is 4.90 Å². The Morgan fingerprint density at radius 2 is 1.84 bits per heavy atom. The van der Waals surface area contributed by atoms with E-state index in [0.29, 0.717) is 24.6 Å². The molecule has 0 spiro atoms. The van der Waals surface area contributed by atoms with E-state index < -0.39 is 0 Å². The second-order valence-corrected chi connectivity index (χ2v) is 7.41. The molecule has 25 heavy (non-hydrogen) atoms. The average molecular weight is 345 g/mol. The van der Waals surface area contributed by atoms with Crippen LogP contribution in [-0.2, 0) is 4.79 Å². The zero-order chi connectivity index (χ0) is 18.0. The van der Waals surface area contributed by atoms with Gasteiger partial charge in [0.1, 0.15) is 5.56 Å². The summed E-state index contributed by atoms with van der Waals surface area (Å²) in [4.78, 5) is 41.6. The number of hydrogen-bond acceptors (Lipinski definition) is 3. The van der Waals surface area contributed by atoms with Crippen LogP contribution >= 0.6 is 0 Å². The molecule has 0 aromatic carbocycles. The third-order valence-corrected chi connectivity index (χ3v) is 5.35. The van der Waals surface area contributed by atoms with E-state index in [0.717, 1.165) is 18.5 Å². The molecule has 1 aromatic heterocycles. The van der Waals surface area contributed by atoms with E-state index in [2.05, 4.69) is 10.3 Å². The standard InChI is InChI=1S/C19H27N3O3/c1-12-9-13(2)20-18(24)17(12)19(25)21-14-10-16(23)22(11-14)15-7-5-3-4-6-8-15/h9,14-15H,3-8,10-11H2,1-2H3,(H,20,24)(H,21,25). The first kappa shape index (κ1) is 17.7. The van der Waals surface area contributed by atoms with E-state index in [-0.39, 0.29) is 29.0 Å². The maximum Gasteiger partial charge on any atom is 0.261 e. The van der Waals surface area contributed by atoms with Crippen molar-refractivity contribution in [3.05, 3.63) is 33.2 Å². The van der Waals surface area contributed by atoms with Crippen molar-refractivity contribution in [1.82, 2.24) is 15.2 Å². The minimum Gasteiger partial charge on any atom is -0.347 e. The molecule has 1 aliphatic heterocycles. The predicted octanol–water partition coefficient (Wildman–Crippen LogP) is 2.05. The fourth-order valence-corrected chi connectivity index (χ4v) is 4.14. The van der Waals surface area contributed by atoms with Crippen LogP contribution < -0.4 is 10.9 Å². The van der Waals surface area contributed by atoms with E-state index in [9.17, 15) is 14.4 Å². The molecule has 2 fully saturated rings. The predicted molar refractivity (Wildman–Crippen MR) is 95.6 cm³/mol. The number of nitrogens with zero attached hydrogens (tertiary/aromatic N) is 1. The zero-order valence-electron chi connectivity index (χ0n) is 15.1. The summed E-state index contributed by atoms with van der Waals surface area (Å²) in [5.74, 6) is -0.272. The highest BCUT2D eigenvalue weighted by molar-refractivity contribution is 5.96. The minimum absolute atomic E-state index is 0.117. The largest absolute Gasteiger partial charge is 0.347 e. The second-order valence-electron chi connectivity index (χ2n) is 7.41. The maximum absolute atomic E-state index is 12.5. The number of hydrogen-bond donors (Lipinski definition) is 2. The highest BCUT2D eigenvalue weighted by atomic mass is 16.2. The summed E-state index contributed by atoms with van der Waals surface area (Å²) in [6, 6.07) is 1.87. The van der Waals surface area contributed by atoms with Crippen LogP contribution in [0.5, 0.6) is 0 Å². The Morgan fingerprint density at radius 1 is 1.16 bits per heavy atom. The number of aryl methyl sites for hydroxylation is 2. The van der Waals surface area contributed by atoms with Crippen molar-refractivity contribution in [3.8, 4) is 0 Å². The third kappa shape index (κ3) is 3.94. The molecule has 1 unspecified atom stereocenters. The van der Waals surface area contributed by atoms with Gasteiger partial charge in [-0.15, -0.1) is 0 Å². The lowest BCUT2D eigenvalue weighted by Crippen LogP contribution is -2.42. The van der Waals surface area contributed by atoms with Gasteiger partial charge in [-0.3, -0.25) is 14.4 Å². The molecular formula is C19H27N3O3. The van der Waals surface area contributed by atoms with Crippen molar-refractivity contribution in [2.75, 3.05) is 6.54 Å². The molecule has 6 nitrogen and oxygen atoms in total. The average Bonchev–Trinajstić information content (AvgIpc) is 2.73. The molecule has 6 heteroatoms. The molecule has 2 N–H and O–H groups in total. The molecule has 2 aliphatic rings. The van der Waals surface area contributed by atoms with Crippen LogP contribution in [0.1, 0.15) is 66.6 Å². The Morgan fingerprint density at radius 3 is 2.48 bits per heavy atom. The van der Waals surface area contributed by atoms with Gasteiger partial charge in [0, 0.05) is 24.7 Å². The fraction of sp³-hybridized carbons (Fsp3) is 0.632. The van der Waals surface area contributed by atoms with Crippen LogP contribution in [0.25, 0.3) is 0 Å². The van der Waals surface area contributed by atoms with Crippen molar-refractivity contribution in [2.45, 2.75) is 70.9 Å². The zero-order valence-corrected chi connectivity index (χ0v) is 15.1. The van der Waals surface area contributed by atoms with Crippen molar-refractivity contribution < 1.29 is 9.59 Å². The number of carbonyl (C=O) groups excluding carboxylic acids is 2. The van der Waals surface area contributed by atoms with Crippen molar-refractivity contribution in [2.24, 2.45) is 0 Å². The van der Waals surface area contributed by atoms with Crippen molar-refractivity contribution >= 4 is 11.8 Å². The number of H-pyrrole nitrogens is 1. The number of rotatable bonds is 3. The molecule has 0 radical (unpaired) electrons. The lowest BCUT2D eigenvalue weighted by atomic mass is 10.1. The highest BCUT2D eigenvalue weighted by Crippen LogP contribution is 2.26. The van der Waals surface area contributed by atoms with Crippen LogP contribution in [0, 0.1) is 13.8 Å². The molecule has 2 amide bonds. The molecule has 136 valence electrons. The summed E-state index contributed by atoms with van der Waals surface area (Å²) in [5, 5.41) is 2.89. The van der Waals surface area contributed by atoms with Gasteiger partial charge in [-0.25, -0.2) is 0 Å². The summed E-state index contributed by atoms with van der Waals surface area (Å²) in [5.41, 5.74) is 1.16. The first-order valence-corrected chi connectivity index (χ1v) is 9.26. The molecular weight excluding hydrogens is 318 g/mol. The van der Waals surface area contributed by atoms with E-state index in [1.165, 1.54) is 25.7 Å². The number of aromatic amines is 1. The van der Waals surface area contributed by atoms with Gasteiger partial charge >= 0.3 is 0 Å². The van der Waals surface area contributed by atoms with Crippen molar-refractivity contribution in [3.63, 3.8) is 0 Å². The normalized spacial score (nSPS) is 22.1. The summed E-state index contributed by atoms with van der Waals surface area (Å²) < 4.78 is 0. The lowest BCUT2D eigenvalue weighted by molar-refractivity contribution is -0.129. The second kappa shape index (κ2) is 7.42. The van der Waals surface area contributed by atoms with Gasteiger partial charge in [0.05, 0.1) is 6.04 Å². The molecule has 3 rings (SSSR count). The first-order valence-electron chi connectivity index (χ1n) is 9.26. The monoisotopic (exact) mass is 345 g/mol. The number of amides is 2. The summed E-state index contributed by atoms with van der Waals surface area (Å²) in [7, 11) is 0. The molecule has 0 bridgehead atoms. The maximum atomic E-state index is 12.5. The Labute approximate surface area is 148 Å². The Hall–Kier alpha value is -2.11. The molecule has 2 heterocycles. The number of aromatic nitrogens is 1. The number of carbonyl (C=O) groups is 2. The molecule has 1 aliphatic carbocycles. The minimum atomic E-state index is -0.390. The SMILES string of the molecule is Cc1cc(C)c(C(=O)NC2CC(=O)N(C3CCCCCC3)C2)c(=O)[nH]1. The molecule has 1 aromatic rings. The van der Waals surface area contributed by atoms with Gasteiger partial charge in [-0.2, -0.15) is 0 Å². The van der Waals surface area contributed by atoms with Crippen LogP contribution in [-0.4, -0.2) is 40.3 Å². The lowest BCUT2D eigenvalue weighted by Gasteiger charge is -2.27. The first-order chi connectivity index (χ1) is 12.0. The number of likely N-dealkylation sites (tertiary alicyclic amines) is 1.